The second kappa shape index (κ2) is 7.47. The van der Waals surface area contributed by atoms with Crippen molar-refractivity contribution < 1.29 is 4.79 Å². The summed E-state index contributed by atoms with van der Waals surface area (Å²) in [5, 5.41) is 15.3. The van der Waals surface area contributed by atoms with Crippen LogP contribution in [-0.2, 0) is 0 Å². The number of rotatable bonds is 4. The Balaban J connectivity index is 1.64. The van der Waals surface area contributed by atoms with Gasteiger partial charge in [-0.05, 0) is 60.7 Å². The van der Waals surface area contributed by atoms with Crippen molar-refractivity contribution in [3.63, 3.8) is 0 Å². The number of aromatic nitrogens is 1. The molecule has 1 heterocycles. The molecule has 5 nitrogen and oxygen atoms in total. The minimum absolute atomic E-state index is 0.230. The minimum Gasteiger partial charge on any atom is -0.340 e. The zero-order chi connectivity index (χ0) is 17.6. The minimum atomic E-state index is -0.230. The van der Waals surface area contributed by atoms with Gasteiger partial charge in [-0.3, -0.25) is 4.79 Å². The number of anilines is 3. The van der Waals surface area contributed by atoms with E-state index in [0.717, 1.165) is 5.69 Å². The van der Waals surface area contributed by atoms with Gasteiger partial charge in [0.05, 0.1) is 23.5 Å². The van der Waals surface area contributed by atoms with Crippen LogP contribution in [0.1, 0.15) is 15.9 Å². The van der Waals surface area contributed by atoms with E-state index in [2.05, 4.69) is 21.7 Å². The van der Waals surface area contributed by atoms with E-state index in [9.17, 15) is 4.79 Å². The number of halogens is 1. The molecular weight excluding hydrogens is 336 g/mol. The van der Waals surface area contributed by atoms with Crippen LogP contribution in [-0.4, -0.2) is 10.9 Å². The first-order valence-corrected chi connectivity index (χ1v) is 7.82. The molecule has 0 spiro atoms. The van der Waals surface area contributed by atoms with Crippen LogP contribution >= 0.6 is 11.6 Å². The molecular formula is C19H13ClN4O. The SMILES string of the molecule is N#Cc1ccc(Nc2ccc(NC(=O)c3ccc(Cl)cc3)cn2)cc1. The van der Waals surface area contributed by atoms with Crippen LogP contribution in [0.5, 0.6) is 0 Å². The normalized spacial score (nSPS) is 9.92. The highest BCUT2D eigenvalue weighted by atomic mass is 35.5. The van der Waals surface area contributed by atoms with Gasteiger partial charge >= 0.3 is 0 Å². The highest BCUT2D eigenvalue weighted by Gasteiger charge is 2.06. The molecule has 0 saturated carbocycles. The van der Waals surface area contributed by atoms with Gasteiger partial charge in [-0.2, -0.15) is 5.26 Å². The Hall–Kier alpha value is -3.36. The smallest absolute Gasteiger partial charge is 0.255 e. The molecule has 3 rings (SSSR count). The summed E-state index contributed by atoms with van der Waals surface area (Å²) in [5.74, 6) is 0.403. The van der Waals surface area contributed by atoms with Gasteiger partial charge < -0.3 is 10.6 Å². The van der Waals surface area contributed by atoms with E-state index in [1.54, 1.807) is 66.9 Å². The fourth-order valence-electron chi connectivity index (χ4n) is 2.12. The van der Waals surface area contributed by atoms with Crippen molar-refractivity contribution in [1.82, 2.24) is 4.98 Å². The lowest BCUT2D eigenvalue weighted by atomic mass is 10.2. The number of hydrogen-bond donors (Lipinski definition) is 2. The van der Waals surface area contributed by atoms with Gasteiger partial charge in [0.1, 0.15) is 5.82 Å². The molecule has 0 aliphatic carbocycles. The van der Waals surface area contributed by atoms with Gasteiger partial charge in [0.15, 0.2) is 0 Å². The van der Waals surface area contributed by atoms with Crippen LogP contribution in [0.15, 0.2) is 66.9 Å². The van der Waals surface area contributed by atoms with E-state index in [1.165, 1.54) is 0 Å². The van der Waals surface area contributed by atoms with Crippen molar-refractivity contribution >= 4 is 34.7 Å². The molecule has 0 aliphatic heterocycles. The number of nitrogens with one attached hydrogen (secondary N) is 2. The van der Waals surface area contributed by atoms with Crippen molar-refractivity contribution in [2.45, 2.75) is 0 Å². The summed E-state index contributed by atoms with van der Waals surface area (Å²) >= 11 is 5.81. The number of pyridine rings is 1. The predicted molar refractivity (Wildman–Crippen MR) is 98.1 cm³/mol. The Morgan fingerprint density at radius 3 is 2.24 bits per heavy atom. The zero-order valence-electron chi connectivity index (χ0n) is 13.0. The number of hydrogen-bond acceptors (Lipinski definition) is 4. The van der Waals surface area contributed by atoms with E-state index in [-0.39, 0.29) is 5.91 Å². The van der Waals surface area contributed by atoms with Crippen LogP contribution in [0.4, 0.5) is 17.2 Å². The van der Waals surface area contributed by atoms with Crippen molar-refractivity contribution in [2.24, 2.45) is 0 Å². The summed E-state index contributed by atoms with van der Waals surface area (Å²) in [5.41, 5.74) is 2.53. The number of carbonyl (C=O) groups excluding carboxylic acids is 1. The molecule has 25 heavy (non-hydrogen) atoms. The molecule has 2 N–H and O–H groups in total. The van der Waals surface area contributed by atoms with Crippen LogP contribution in [0.3, 0.4) is 0 Å². The van der Waals surface area contributed by atoms with Gasteiger partial charge in [-0.25, -0.2) is 4.98 Å². The third-order valence-electron chi connectivity index (χ3n) is 3.41. The first kappa shape index (κ1) is 16.5. The van der Waals surface area contributed by atoms with Crippen molar-refractivity contribution in [3.05, 3.63) is 83.0 Å². The monoisotopic (exact) mass is 348 g/mol. The van der Waals surface area contributed by atoms with Gasteiger partial charge in [-0.1, -0.05) is 11.6 Å². The van der Waals surface area contributed by atoms with Gasteiger partial charge in [0.25, 0.3) is 5.91 Å². The van der Waals surface area contributed by atoms with Gasteiger partial charge in [0.2, 0.25) is 0 Å². The van der Waals surface area contributed by atoms with Crippen molar-refractivity contribution in [1.29, 1.82) is 5.26 Å². The molecule has 0 unspecified atom stereocenters. The number of benzene rings is 2. The summed E-state index contributed by atoms with van der Waals surface area (Å²) in [6.45, 7) is 0. The second-order valence-electron chi connectivity index (χ2n) is 5.21. The molecule has 6 heteroatoms. The van der Waals surface area contributed by atoms with Crippen LogP contribution in [0.2, 0.25) is 5.02 Å². The zero-order valence-corrected chi connectivity index (χ0v) is 13.8. The molecule has 0 atom stereocenters. The maximum atomic E-state index is 12.1. The number of nitriles is 1. The highest BCUT2D eigenvalue weighted by molar-refractivity contribution is 6.30. The number of nitrogens with zero attached hydrogens (tertiary/aromatic N) is 2. The standard InChI is InChI=1S/C19H13ClN4O/c20-15-5-3-14(4-6-15)19(25)24-17-9-10-18(22-12-17)23-16-7-1-13(11-21)2-8-16/h1-10,12H,(H,22,23)(H,24,25). The first-order valence-electron chi connectivity index (χ1n) is 7.44. The first-order chi connectivity index (χ1) is 12.1. The molecule has 1 aromatic heterocycles. The molecule has 122 valence electrons. The van der Waals surface area contributed by atoms with Crippen LogP contribution in [0, 0.1) is 11.3 Å². The van der Waals surface area contributed by atoms with Crippen LogP contribution in [0.25, 0.3) is 0 Å². The quantitative estimate of drug-likeness (QED) is 0.722. The highest BCUT2D eigenvalue weighted by Crippen LogP contribution is 2.17. The maximum Gasteiger partial charge on any atom is 0.255 e. The van der Waals surface area contributed by atoms with E-state index in [0.29, 0.717) is 27.7 Å². The fraction of sp³-hybridized carbons (Fsp3) is 0. The molecule has 1 amide bonds. The topological polar surface area (TPSA) is 77.8 Å². The summed E-state index contributed by atoms with van der Waals surface area (Å²) in [4.78, 5) is 16.4. The summed E-state index contributed by atoms with van der Waals surface area (Å²) in [6, 6.07) is 19.3. The lowest BCUT2D eigenvalue weighted by molar-refractivity contribution is 0.102. The van der Waals surface area contributed by atoms with E-state index < -0.39 is 0 Å². The Labute approximate surface area is 149 Å². The van der Waals surface area contributed by atoms with E-state index in [1.807, 2.05) is 0 Å². The van der Waals surface area contributed by atoms with Crippen molar-refractivity contribution in [2.75, 3.05) is 10.6 Å². The average molecular weight is 349 g/mol. The maximum absolute atomic E-state index is 12.1. The molecule has 0 fully saturated rings. The molecule has 0 bridgehead atoms. The molecule has 0 aliphatic rings. The molecule has 2 aromatic carbocycles. The third kappa shape index (κ3) is 4.34. The lowest BCUT2D eigenvalue weighted by Crippen LogP contribution is -2.11. The Morgan fingerprint density at radius 2 is 1.64 bits per heavy atom. The second-order valence-corrected chi connectivity index (χ2v) is 5.64. The van der Waals surface area contributed by atoms with Gasteiger partial charge in [-0.15, -0.1) is 0 Å². The van der Waals surface area contributed by atoms with Gasteiger partial charge in [0, 0.05) is 16.3 Å². The Morgan fingerprint density at radius 1 is 0.960 bits per heavy atom. The molecule has 0 radical (unpaired) electrons. The largest absolute Gasteiger partial charge is 0.340 e. The number of amides is 1. The molecule has 0 saturated heterocycles. The lowest BCUT2D eigenvalue weighted by Gasteiger charge is -2.08. The van der Waals surface area contributed by atoms with E-state index in [4.69, 9.17) is 16.9 Å². The van der Waals surface area contributed by atoms with Crippen LogP contribution < -0.4 is 10.6 Å². The fourth-order valence-corrected chi connectivity index (χ4v) is 2.25. The Kier molecular flexibility index (Phi) is 4.93. The van der Waals surface area contributed by atoms with Crippen molar-refractivity contribution in [3.8, 4) is 6.07 Å². The summed E-state index contributed by atoms with van der Waals surface area (Å²) < 4.78 is 0. The predicted octanol–water partition coefficient (Wildman–Crippen LogP) is 4.60. The average Bonchev–Trinajstić information content (AvgIpc) is 2.64. The summed E-state index contributed by atoms with van der Waals surface area (Å²) in [7, 11) is 0. The number of carbonyl (C=O) groups is 1. The Bertz CT molecular complexity index is 914. The summed E-state index contributed by atoms with van der Waals surface area (Å²) in [6.07, 6.45) is 1.57. The molecule has 3 aromatic rings. The third-order valence-corrected chi connectivity index (χ3v) is 3.67. The van der Waals surface area contributed by atoms with E-state index >= 15 is 0 Å².